The second-order valence-corrected chi connectivity index (χ2v) is 9.00. The van der Waals surface area contributed by atoms with E-state index >= 15 is 0 Å². The minimum absolute atomic E-state index is 0.408. The number of hydrogen-bond acceptors (Lipinski definition) is 2. The molecule has 0 spiro atoms. The highest BCUT2D eigenvalue weighted by molar-refractivity contribution is 6.46. The summed E-state index contributed by atoms with van der Waals surface area (Å²) in [4.78, 5) is 16.3. The van der Waals surface area contributed by atoms with Gasteiger partial charge >= 0.3 is 0 Å². The number of nitrogens with one attached hydrogen (secondary N) is 2. The van der Waals surface area contributed by atoms with Gasteiger partial charge < -0.3 is 9.97 Å². The minimum Gasteiger partial charge on any atom is -0.355 e. The number of halogens is 3. The summed E-state index contributed by atoms with van der Waals surface area (Å²) in [6.07, 6.45) is 7.92. The highest BCUT2D eigenvalue weighted by atomic mass is 35.5. The van der Waals surface area contributed by atoms with E-state index in [1.54, 1.807) is 12.1 Å². The quantitative estimate of drug-likeness (QED) is 0.228. The lowest BCUT2D eigenvalue weighted by Crippen LogP contribution is -1.82. The van der Waals surface area contributed by atoms with Crippen LogP contribution in [0, 0.1) is 0 Å². The van der Waals surface area contributed by atoms with Crippen LogP contribution in [0.25, 0.3) is 57.5 Å². The van der Waals surface area contributed by atoms with Crippen molar-refractivity contribution in [2.45, 2.75) is 0 Å². The molecular formula is C26H15Cl3N4. The van der Waals surface area contributed by atoms with Crippen molar-refractivity contribution in [3.05, 3.63) is 92.4 Å². The van der Waals surface area contributed by atoms with Gasteiger partial charge in [-0.3, -0.25) is 0 Å². The van der Waals surface area contributed by atoms with Crippen molar-refractivity contribution >= 4 is 81.2 Å². The number of nitrogens with zero attached hydrogens (tertiary/aromatic N) is 2. The molecule has 4 nitrogen and oxygen atoms in total. The van der Waals surface area contributed by atoms with E-state index < -0.39 is 0 Å². The second-order valence-electron chi connectivity index (χ2n) is 7.81. The van der Waals surface area contributed by atoms with Crippen molar-refractivity contribution in [1.82, 2.24) is 19.9 Å². The Morgan fingerprint density at radius 3 is 1.73 bits per heavy atom. The maximum absolute atomic E-state index is 6.58. The number of aromatic amines is 2. The molecule has 5 heterocycles. The third-order valence-electron chi connectivity index (χ3n) is 5.48. The summed E-state index contributed by atoms with van der Waals surface area (Å²) >= 11 is 19.4. The SMILES string of the molecule is Clc1ccc(Cl)c(-c2cc3cc4nc(cc5ccc(cc6nc(cc2[nH]3)C=C6)[nH]5)C=C4)c1Cl. The molecule has 4 aromatic rings. The van der Waals surface area contributed by atoms with Crippen molar-refractivity contribution in [3.63, 3.8) is 0 Å². The third-order valence-corrected chi connectivity index (χ3v) is 6.60. The molecule has 0 saturated heterocycles. The molecule has 2 aliphatic heterocycles. The molecule has 160 valence electrons. The Labute approximate surface area is 204 Å². The molecule has 1 aromatic carbocycles. The fourth-order valence-electron chi connectivity index (χ4n) is 4.00. The van der Waals surface area contributed by atoms with E-state index in [-0.39, 0.29) is 0 Å². The summed E-state index contributed by atoms with van der Waals surface area (Å²) in [5.41, 5.74) is 8.51. The number of hydrogen-bond donors (Lipinski definition) is 2. The van der Waals surface area contributed by atoms with Crippen LogP contribution in [0.15, 0.2) is 54.6 Å². The highest BCUT2D eigenvalue weighted by Gasteiger charge is 2.15. The van der Waals surface area contributed by atoms with Crippen LogP contribution in [0.5, 0.6) is 0 Å². The molecule has 7 heteroatoms. The number of fused-ring (bicyclic) bond motifs is 8. The average molecular weight is 490 g/mol. The van der Waals surface area contributed by atoms with Gasteiger partial charge in [0.15, 0.2) is 0 Å². The maximum Gasteiger partial charge on any atom is 0.0686 e. The van der Waals surface area contributed by atoms with Gasteiger partial charge in [-0.05, 0) is 78.9 Å². The predicted molar refractivity (Wildman–Crippen MR) is 139 cm³/mol. The van der Waals surface area contributed by atoms with Crippen molar-refractivity contribution in [2.75, 3.05) is 0 Å². The lowest BCUT2D eigenvalue weighted by atomic mass is 10.1. The van der Waals surface area contributed by atoms with E-state index in [9.17, 15) is 0 Å². The Morgan fingerprint density at radius 2 is 1.09 bits per heavy atom. The lowest BCUT2D eigenvalue weighted by Gasteiger charge is -2.07. The molecule has 0 radical (unpaired) electrons. The largest absolute Gasteiger partial charge is 0.355 e. The fraction of sp³-hybridized carbons (Fsp3) is 0. The molecule has 8 bridgehead atoms. The lowest BCUT2D eigenvalue weighted by molar-refractivity contribution is 1.31. The topological polar surface area (TPSA) is 57.4 Å². The first-order valence-corrected chi connectivity index (χ1v) is 11.4. The summed E-state index contributed by atoms with van der Waals surface area (Å²) in [6, 6.07) is 17.5. The molecule has 2 aliphatic rings. The molecule has 0 unspecified atom stereocenters. The molecule has 0 fully saturated rings. The van der Waals surface area contributed by atoms with E-state index in [4.69, 9.17) is 44.8 Å². The van der Waals surface area contributed by atoms with Crippen LogP contribution in [0.1, 0.15) is 22.8 Å². The van der Waals surface area contributed by atoms with Gasteiger partial charge in [0.1, 0.15) is 0 Å². The summed E-state index contributed by atoms with van der Waals surface area (Å²) < 4.78 is 0. The molecular weight excluding hydrogens is 475 g/mol. The number of aromatic nitrogens is 4. The van der Waals surface area contributed by atoms with Crippen LogP contribution in [0.3, 0.4) is 0 Å². The fourth-order valence-corrected chi connectivity index (χ4v) is 4.73. The van der Waals surface area contributed by atoms with Crippen LogP contribution in [-0.2, 0) is 0 Å². The van der Waals surface area contributed by atoms with E-state index in [2.05, 4.69) is 9.97 Å². The van der Waals surface area contributed by atoms with E-state index in [0.717, 1.165) is 50.4 Å². The number of rotatable bonds is 1. The normalized spacial score (nSPS) is 12.5. The first-order valence-electron chi connectivity index (χ1n) is 10.2. The van der Waals surface area contributed by atoms with Crippen molar-refractivity contribution in [2.24, 2.45) is 0 Å². The standard InChI is InChI=1S/C26H15Cl3N4/c27-22-7-8-23(28)26(29)25(22)21-12-20-11-18-4-3-16(31-18)9-14-1-2-15(30-14)10-17-5-6-19(32-17)13-24(21)33-20/h1-13,30,33H. The highest BCUT2D eigenvalue weighted by Crippen LogP contribution is 2.41. The van der Waals surface area contributed by atoms with Crippen LogP contribution < -0.4 is 0 Å². The Kier molecular flexibility index (Phi) is 4.88. The molecule has 33 heavy (non-hydrogen) atoms. The first-order chi connectivity index (χ1) is 16.0. The van der Waals surface area contributed by atoms with Gasteiger partial charge in [-0.25, -0.2) is 9.97 Å². The zero-order valence-corrected chi connectivity index (χ0v) is 19.3. The third kappa shape index (κ3) is 3.87. The van der Waals surface area contributed by atoms with Crippen LogP contribution in [-0.4, -0.2) is 19.9 Å². The number of H-pyrrole nitrogens is 2. The van der Waals surface area contributed by atoms with Gasteiger partial charge in [0.2, 0.25) is 0 Å². The summed E-state index contributed by atoms with van der Waals surface area (Å²) in [5.74, 6) is 0. The van der Waals surface area contributed by atoms with Gasteiger partial charge in [-0.1, -0.05) is 34.8 Å². The minimum atomic E-state index is 0.408. The molecule has 0 amide bonds. The van der Waals surface area contributed by atoms with Gasteiger partial charge in [-0.15, -0.1) is 0 Å². The van der Waals surface area contributed by atoms with Gasteiger partial charge in [0, 0.05) is 33.2 Å². The van der Waals surface area contributed by atoms with E-state index in [1.165, 1.54) is 0 Å². The molecule has 3 aromatic heterocycles. The first kappa shape index (κ1) is 20.3. The van der Waals surface area contributed by atoms with Crippen molar-refractivity contribution < 1.29 is 0 Å². The Bertz CT molecular complexity index is 1660. The average Bonchev–Trinajstić information content (AvgIpc) is 3.57. The van der Waals surface area contributed by atoms with Gasteiger partial charge in [0.25, 0.3) is 0 Å². The van der Waals surface area contributed by atoms with Crippen molar-refractivity contribution in [3.8, 4) is 11.1 Å². The Balaban J connectivity index is 1.70. The molecule has 0 aliphatic carbocycles. The molecule has 6 rings (SSSR count). The molecule has 2 N–H and O–H groups in total. The van der Waals surface area contributed by atoms with E-state index in [1.807, 2.05) is 66.8 Å². The Morgan fingerprint density at radius 1 is 0.545 bits per heavy atom. The molecule has 0 saturated carbocycles. The van der Waals surface area contributed by atoms with Crippen molar-refractivity contribution in [1.29, 1.82) is 0 Å². The summed E-state index contributed by atoms with van der Waals surface area (Å²) in [5, 5.41) is 1.37. The smallest absolute Gasteiger partial charge is 0.0686 e. The summed E-state index contributed by atoms with van der Waals surface area (Å²) in [7, 11) is 0. The number of benzene rings is 1. The summed E-state index contributed by atoms with van der Waals surface area (Å²) in [6.45, 7) is 0. The monoisotopic (exact) mass is 488 g/mol. The van der Waals surface area contributed by atoms with Crippen LogP contribution >= 0.6 is 34.8 Å². The van der Waals surface area contributed by atoms with E-state index in [0.29, 0.717) is 20.6 Å². The van der Waals surface area contributed by atoms with Gasteiger partial charge in [-0.2, -0.15) is 0 Å². The Hall–Kier alpha value is -3.31. The molecule has 0 atom stereocenters. The predicted octanol–water partition coefficient (Wildman–Crippen LogP) is 8.28. The van der Waals surface area contributed by atoms with Gasteiger partial charge in [0.05, 0.1) is 37.8 Å². The zero-order valence-electron chi connectivity index (χ0n) is 17.0. The van der Waals surface area contributed by atoms with Crippen LogP contribution in [0.4, 0.5) is 0 Å². The second kappa shape index (κ2) is 7.92. The maximum atomic E-state index is 6.58. The van der Waals surface area contributed by atoms with Crippen LogP contribution in [0.2, 0.25) is 15.1 Å². The zero-order chi connectivity index (χ0) is 22.5.